The van der Waals surface area contributed by atoms with E-state index in [2.05, 4.69) is 46.1 Å². The van der Waals surface area contributed by atoms with Crippen LogP contribution in [-0.2, 0) is 0 Å². The molecule has 3 rings (SSSR count). The van der Waals surface area contributed by atoms with Crippen LogP contribution in [0.1, 0.15) is 31.4 Å². The van der Waals surface area contributed by atoms with Gasteiger partial charge in [-0.2, -0.15) is 9.97 Å². The predicted octanol–water partition coefficient (Wildman–Crippen LogP) is 3.32. The molecule has 1 atom stereocenters. The second kappa shape index (κ2) is 6.96. The Hall–Kier alpha value is -2.14. The molecule has 2 aromatic rings. The number of hydrogen-bond acceptors (Lipinski definition) is 5. The molecule has 0 saturated carbocycles. The lowest BCUT2D eigenvalue weighted by Crippen LogP contribution is -2.23. The first kappa shape index (κ1) is 15.7. The number of ether oxygens (including phenoxy) is 2. The van der Waals surface area contributed by atoms with Crippen LogP contribution < -0.4 is 9.47 Å². The average Bonchev–Trinajstić information content (AvgIpc) is 3.15. The quantitative estimate of drug-likeness (QED) is 0.847. The van der Waals surface area contributed by atoms with Gasteiger partial charge < -0.3 is 9.47 Å². The Bertz CT molecular complexity index is 630. The minimum absolute atomic E-state index is 0.314. The van der Waals surface area contributed by atoms with E-state index >= 15 is 0 Å². The van der Waals surface area contributed by atoms with Crippen LogP contribution in [0.2, 0.25) is 0 Å². The molecule has 1 aromatic carbocycles. The standard InChI is InChI=1S/C18H23N3O2/c1-13(21-10-4-5-11-21)14-6-8-15(9-7-14)16-12-17(22-2)20-18(19-16)23-3/h6-9,12-13H,4-5,10-11H2,1-3H3. The summed E-state index contributed by atoms with van der Waals surface area (Å²) < 4.78 is 10.3. The average molecular weight is 313 g/mol. The molecule has 0 amide bonds. The van der Waals surface area contributed by atoms with E-state index in [1.165, 1.54) is 31.5 Å². The zero-order valence-electron chi connectivity index (χ0n) is 14.0. The highest BCUT2D eigenvalue weighted by Gasteiger charge is 2.19. The fraction of sp³-hybridized carbons (Fsp3) is 0.444. The summed E-state index contributed by atoms with van der Waals surface area (Å²) in [5, 5.41) is 0. The number of nitrogens with zero attached hydrogens (tertiary/aromatic N) is 3. The van der Waals surface area contributed by atoms with Gasteiger partial charge in [0.05, 0.1) is 19.9 Å². The lowest BCUT2D eigenvalue weighted by atomic mass is 10.0. The van der Waals surface area contributed by atoms with E-state index in [0.29, 0.717) is 17.9 Å². The molecule has 122 valence electrons. The van der Waals surface area contributed by atoms with E-state index in [1.54, 1.807) is 14.2 Å². The van der Waals surface area contributed by atoms with Crippen molar-refractivity contribution in [1.82, 2.24) is 14.9 Å². The summed E-state index contributed by atoms with van der Waals surface area (Å²) >= 11 is 0. The molecule has 5 heteroatoms. The smallest absolute Gasteiger partial charge is 0.320 e. The molecular formula is C18H23N3O2. The molecule has 0 radical (unpaired) electrons. The summed E-state index contributed by atoms with van der Waals surface area (Å²) in [5.74, 6) is 0.501. The van der Waals surface area contributed by atoms with Crippen molar-refractivity contribution in [3.8, 4) is 23.1 Å². The Morgan fingerprint density at radius 1 is 1.00 bits per heavy atom. The number of likely N-dealkylation sites (tertiary alicyclic amines) is 1. The number of rotatable bonds is 5. The minimum atomic E-state index is 0.314. The molecule has 0 aliphatic carbocycles. The predicted molar refractivity (Wildman–Crippen MR) is 89.8 cm³/mol. The summed E-state index contributed by atoms with van der Waals surface area (Å²) in [6.45, 7) is 4.67. The van der Waals surface area contributed by atoms with Crippen LogP contribution in [-0.4, -0.2) is 42.2 Å². The SMILES string of the molecule is COc1cc(-c2ccc(C(C)N3CCCC3)cc2)nc(OC)n1. The van der Waals surface area contributed by atoms with E-state index < -0.39 is 0 Å². The molecule has 5 nitrogen and oxygen atoms in total. The monoisotopic (exact) mass is 313 g/mol. The fourth-order valence-electron chi connectivity index (χ4n) is 3.02. The van der Waals surface area contributed by atoms with Gasteiger partial charge in [-0.15, -0.1) is 0 Å². The van der Waals surface area contributed by atoms with Crippen LogP contribution in [0.3, 0.4) is 0 Å². The minimum Gasteiger partial charge on any atom is -0.481 e. The van der Waals surface area contributed by atoms with Gasteiger partial charge >= 0.3 is 6.01 Å². The number of aromatic nitrogens is 2. The molecule has 0 N–H and O–H groups in total. The van der Waals surface area contributed by atoms with Gasteiger partial charge in [0.2, 0.25) is 5.88 Å². The summed E-state index contributed by atoms with van der Waals surface area (Å²) in [6, 6.07) is 11.2. The van der Waals surface area contributed by atoms with Gasteiger partial charge in [-0.05, 0) is 38.4 Å². The Balaban J connectivity index is 1.84. The van der Waals surface area contributed by atoms with Crippen LogP contribution in [0, 0.1) is 0 Å². The Morgan fingerprint density at radius 3 is 2.30 bits per heavy atom. The van der Waals surface area contributed by atoms with Crippen molar-refractivity contribution in [2.75, 3.05) is 27.3 Å². The third-order valence-corrected chi connectivity index (χ3v) is 4.45. The first-order valence-electron chi connectivity index (χ1n) is 8.02. The van der Waals surface area contributed by atoms with Crippen molar-refractivity contribution in [2.45, 2.75) is 25.8 Å². The Labute approximate surface area is 137 Å². The van der Waals surface area contributed by atoms with E-state index in [0.717, 1.165) is 11.3 Å². The van der Waals surface area contributed by atoms with Crippen molar-refractivity contribution >= 4 is 0 Å². The largest absolute Gasteiger partial charge is 0.481 e. The van der Waals surface area contributed by atoms with Gasteiger partial charge in [0.25, 0.3) is 0 Å². The highest BCUT2D eigenvalue weighted by atomic mass is 16.5. The molecule has 1 aliphatic heterocycles. The van der Waals surface area contributed by atoms with Crippen molar-refractivity contribution in [2.24, 2.45) is 0 Å². The maximum atomic E-state index is 5.21. The van der Waals surface area contributed by atoms with Gasteiger partial charge in [-0.3, -0.25) is 4.90 Å². The van der Waals surface area contributed by atoms with Crippen molar-refractivity contribution in [3.63, 3.8) is 0 Å². The normalized spacial score (nSPS) is 16.3. The van der Waals surface area contributed by atoms with E-state index in [1.807, 2.05) is 6.07 Å². The van der Waals surface area contributed by atoms with Gasteiger partial charge in [-0.25, -0.2) is 0 Å². The molecular weight excluding hydrogens is 290 g/mol. The number of methoxy groups -OCH3 is 2. The van der Waals surface area contributed by atoms with Gasteiger partial charge in [0.1, 0.15) is 0 Å². The molecule has 1 saturated heterocycles. The molecule has 1 aliphatic rings. The first-order valence-corrected chi connectivity index (χ1v) is 8.02. The summed E-state index contributed by atoms with van der Waals surface area (Å²) in [5.41, 5.74) is 3.17. The summed E-state index contributed by atoms with van der Waals surface area (Å²) in [7, 11) is 3.14. The van der Waals surface area contributed by atoms with Crippen LogP contribution >= 0.6 is 0 Å². The van der Waals surface area contributed by atoms with Gasteiger partial charge in [0.15, 0.2) is 0 Å². The van der Waals surface area contributed by atoms with E-state index in [-0.39, 0.29) is 0 Å². The second-order valence-corrected chi connectivity index (χ2v) is 5.82. The van der Waals surface area contributed by atoms with E-state index in [4.69, 9.17) is 9.47 Å². The van der Waals surface area contributed by atoms with E-state index in [9.17, 15) is 0 Å². The van der Waals surface area contributed by atoms with Gasteiger partial charge in [-0.1, -0.05) is 24.3 Å². The highest BCUT2D eigenvalue weighted by Crippen LogP contribution is 2.28. The summed E-state index contributed by atoms with van der Waals surface area (Å²) in [6.07, 6.45) is 2.62. The lowest BCUT2D eigenvalue weighted by molar-refractivity contribution is 0.263. The van der Waals surface area contributed by atoms with Crippen molar-refractivity contribution in [1.29, 1.82) is 0 Å². The maximum absolute atomic E-state index is 5.21. The van der Waals surface area contributed by atoms with Crippen LogP contribution in [0.25, 0.3) is 11.3 Å². The summed E-state index contributed by atoms with van der Waals surface area (Å²) in [4.78, 5) is 11.1. The third kappa shape index (κ3) is 3.45. The fourth-order valence-corrected chi connectivity index (χ4v) is 3.02. The van der Waals surface area contributed by atoms with Crippen molar-refractivity contribution in [3.05, 3.63) is 35.9 Å². The first-order chi connectivity index (χ1) is 11.2. The molecule has 0 spiro atoms. The zero-order valence-corrected chi connectivity index (χ0v) is 14.0. The van der Waals surface area contributed by atoms with Crippen molar-refractivity contribution < 1.29 is 9.47 Å². The number of hydrogen-bond donors (Lipinski definition) is 0. The maximum Gasteiger partial charge on any atom is 0.320 e. The Morgan fingerprint density at radius 2 is 1.70 bits per heavy atom. The Kier molecular flexibility index (Phi) is 4.76. The third-order valence-electron chi connectivity index (χ3n) is 4.45. The molecule has 1 unspecified atom stereocenters. The second-order valence-electron chi connectivity index (χ2n) is 5.82. The topological polar surface area (TPSA) is 47.5 Å². The molecule has 2 heterocycles. The zero-order chi connectivity index (χ0) is 16.2. The van der Waals surface area contributed by atoms with Crippen LogP contribution in [0.5, 0.6) is 11.9 Å². The molecule has 1 fully saturated rings. The molecule has 1 aromatic heterocycles. The van der Waals surface area contributed by atoms with Gasteiger partial charge in [0, 0.05) is 17.7 Å². The van der Waals surface area contributed by atoms with Crippen LogP contribution in [0.15, 0.2) is 30.3 Å². The van der Waals surface area contributed by atoms with Crippen LogP contribution in [0.4, 0.5) is 0 Å². The molecule has 23 heavy (non-hydrogen) atoms. The number of benzene rings is 1. The molecule has 0 bridgehead atoms. The lowest BCUT2D eigenvalue weighted by Gasteiger charge is -2.24. The highest BCUT2D eigenvalue weighted by molar-refractivity contribution is 5.61.